The summed E-state index contributed by atoms with van der Waals surface area (Å²) in [5.74, 6) is 2.37. The summed E-state index contributed by atoms with van der Waals surface area (Å²) in [6.45, 7) is 0. The molecule has 0 bridgehead atoms. The Kier molecular flexibility index (Phi) is 3.41. The van der Waals surface area contributed by atoms with Gasteiger partial charge >= 0.3 is 0 Å². The highest BCUT2D eigenvalue weighted by molar-refractivity contribution is 5.64. The van der Waals surface area contributed by atoms with Gasteiger partial charge in [0.05, 0.1) is 14.2 Å². The van der Waals surface area contributed by atoms with Crippen LogP contribution in [-0.4, -0.2) is 24.2 Å². The number of hydrogen-bond donors (Lipinski definition) is 1. The van der Waals surface area contributed by atoms with Crippen molar-refractivity contribution in [2.45, 2.75) is 19.3 Å². The SMILES string of the molecule is COc1cc(Nc2ncnc3c2CCC3)cc(OC)c1. The lowest BCUT2D eigenvalue weighted by molar-refractivity contribution is 0.395. The predicted molar refractivity (Wildman–Crippen MR) is 76.9 cm³/mol. The van der Waals surface area contributed by atoms with Crippen molar-refractivity contribution >= 4 is 11.5 Å². The Bertz CT molecular complexity index is 606. The summed E-state index contributed by atoms with van der Waals surface area (Å²) in [5.41, 5.74) is 3.26. The van der Waals surface area contributed by atoms with Gasteiger partial charge in [0.2, 0.25) is 0 Å². The summed E-state index contributed by atoms with van der Waals surface area (Å²) in [6, 6.07) is 5.69. The van der Waals surface area contributed by atoms with Crippen molar-refractivity contribution in [3.05, 3.63) is 35.8 Å². The molecule has 20 heavy (non-hydrogen) atoms. The lowest BCUT2D eigenvalue weighted by atomic mass is 10.2. The van der Waals surface area contributed by atoms with Crippen molar-refractivity contribution in [1.82, 2.24) is 9.97 Å². The number of aryl methyl sites for hydroxylation is 1. The minimum atomic E-state index is 0.748. The van der Waals surface area contributed by atoms with Gasteiger partial charge < -0.3 is 14.8 Å². The molecule has 0 fully saturated rings. The number of hydrogen-bond acceptors (Lipinski definition) is 5. The van der Waals surface area contributed by atoms with Crippen molar-refractivity contribution in [2.24, 2.45) is 0 Å². The van der Waals surface area contributed by atoms with Gasteiger partial charge in [-0.15, -0.1) is 0 Å². The summed E-state index contributed by atoms with van der Waals surface area (Å²) in [4.78, 5) is 8.68. The lowest BCUT2D eigenvalue weighted by Crippen LogP contribution is -2.01. The first-order valence-electron chi connectivity index (χ1n) is 6.63. The number of aromatic nitrogens is 2. The Morgan fingerprint density at radius 1 is 1.00 bits per heavy atom. The van der Waals surface area contributed by atoms with E-state index in [1.165, 1.54) is 5.56 Å². The maximum atomic E-state index is 5.27. The Labute approximate surface area is 118 Å². The van der Waals surface area contributed by atoms with E-state index in [0.29, 0.717) is 0 Å². The molecule has 0 aliphatic heterocycles. The van der Waals surface area contributed by atoms with Gasteiger partial charge in [0.25, 0.3) is 0 Å². The molecule has 5 nitrogen and oxygen atoms in total. The minimum Gasteiger partial charge on any atom is -0.497 e. The molecular weight excluding hydrogens is 254 g/mol. The Hall–Kier alpha value is -2.30. The largest absolute Gasteiger partial charge is 0.497 e. The van der Waals surface area contributed by atoms with Crippen LogP contribution in [0.3, 0.4) is 0 Å². The molecule has 1 N–H and O–H groups in total. The van der Waals surface area contributed by atoms with Crippen LogP contribution in [0.15, 0.2) is 24.5 Å². The van der Waals surface area contributed by atoms with Crippen LogP contribution in [0.25, 0.3) is 0 Å². The molecule has 5 heteroatoms. The third-order valence-corrected chi connectivity index (χ3v) is 3.49. The Morgan fingerprint density at radius 2 is 1.75 bits per heavy atom. The van der Waals surface area contributed by atoms with E-state index in [1.807, 2.05) is 18.2 Å². The first-order chi connectivity index (χ1) is 9.80. The molecule has 0 spiro atoms. The van der Waals surface area contributed by atoms with Gasteiger partial charge in [0.15, 0.2) is 0 Å². The van der Waals surface area contributed by atoms with Crippen molar-refractivity contribution in [1.29, 1.82) is 0 Å². The van der Waals surface area contributed by atoms with Gasteiger partial charge in [-0.3, -0.25) is 0 Å². The molecule has 0 saturated carbocycles. The Morgan fingerprint density at radius 3 is 2.45 bits per heavy atom. The van der Waals surface area contributed by atoms with Crippen molar-refractivity contribution in [2.75, 3.05) is 19.5 Å². The number of rotatable bonds is 4. The first-order valence-corrected chi connectivity index (χ1v) is 6.63. The van der Waals surface area contributed by atoms with Gasteiger partial charge in [-0.25, -0.2) is 9.97 Å². The van der Waals surface area contributed by atoms with Crippen LogP contribution < -0.4 is 14.8 Å². The zero-order valence-corrected chi connectivity index (χ0v) is 11.6. The molecule has 1 aromatic heterocycles. The standard InChI is InChI=1S/C15H17N3O2/c1-19-11-6-10(7-12(8-11)20-2)18-15-13-4-3-5-14(13)16-9-17-15/h6-9H,3-5H2,1-2H3,(H,16,17,18). The van der Waals surface area contributed by atoms with E-state index in [1.54, 1.807) is 20.5 Å². The van der Waals surface area contributed by atoms with E-state index in [2.05, 4.69) is 15.3 Å². The second kappa shape index (κ2) is 5.36. The molecule has 1 aliphatic carbocycles. The quantitative estimate of drug-likeness (QED) is 0.926. The molecule has 104 valence electrons. The predicted octanol–water partition coefficient (Wildman–Crippen LogP) is 2.73. The zero-order valence-electron chi connectivity index (χ0n) is 11.6. The fourth-order valence-corrected chi connectivity index (χ4v) is 2.48. The molecule has 0 radical (unpaired) electrons. The number of nitrogens with one attached hydrogen (secondary N) is 1. The van der Waals surface area contributed by atoms with Crippen LogP contribution in [0.4, 0.5) is 11.5 Å². The van der Waals surface area contributed by atoms with E-state index in [4.69, 9.17) is 9.47 Å². The highest BCUT2D eigenvalue weighted by Crippen LogP contribution is 2.31. The molecule has 0 amide bonds. The van der Waals surface area contributed by atoms with Crippen LogP contribution >= 0.6 is 0 Å². The van der Waals surface area contributed by atoms with E-state index in [-0.39, 0.29) is 0 Å². The summed E-state index contributed by atoms with van der Waals surface area (Å²) >= 11 is 0. The average molecular weight is 271 g/mol. The van der Waals surface area contributed by atoms with E-state index in [0.717, 1.165) is 48.0 Å². The van der Waals surface area contributed by atoms with Crippen LogP contribution in [0, 0.1) is 0 Å². The van der Waals surface area contributed by atoms with Crippen LogP contribution in [-0.2, 0) is 12.8 Å². The molecule has 0 saturated heterocycles. The maximum absolute atomic E-state index is 5.27. The summed E-state index contributed by atoms with van der Waals surface area (Å²) in [7, 11) is 3.28. The van der Waals surface area contributed by atoms with Gasteiger partial charge in [-0.05, 0) is 19.3 Å². The summed E-state index contributed by atoms with van der Waals surface area (Å²) in [5, 5.41) is 3.34. The van der Waals surface area contributed by atoms with Crippen molar-refractivity contribution in [3.8, 4) is 11.5 Å². The fourth-order valence-electron chi connectivity index (χ4n) is 2.48. The molecule has 3 rings (SSSR count). The number of nitrogens with zero attached hydrogens (tertiary/aromatic N) is 2. The number of ether oxygens (including phenoxy) is 2. The smallest absolute Gasteiger partial charge is 0.137 e. The zero-order chi connectivity index (χ0) is 13.9. The topological polar surface area (TPSA) is 56.3 Å². The third-order valence-electron chi connectivity index (χ3n) is 3.49. The molecule has 1 aromatic carbocycles. The van der Waals surface area contributed by atoms with Crippen LogP contribution in [0.5, 0.6) is 11.5 Å². The highest BCUT2D eigenvalue weighted by atomic mass is 16.5. The van der Waals surface area contributed by atoms with Crippen LogP contribution in [0.1, 0.15) is 17.7 Å². The number of benzene rings is 1. The van der Waals surface area contributed by atoms with E-state index in [9.17, 15) is 0 Å². The fraction of sp³-hybridized carbons (Fsp3) is 0.333. The second-order valence-electron chi connectivity index (χ2n) is 4.73. The van der Waals surface area contributed by atoms with Gasteiger partial charge in [0, 0.05) is 35.1 Å². The van der Waals surface area contributed by atoms with E-state index < -0.39 is 0 Å². The molecule has 0 unspecified atom stereocenters. The van der Waals surface area contributed by atoms with Gasteiger partial charge in [-0.2, -0.15) is 0 Å². The van der Waals surface area contributed by atoms with Crippen molar-refractivity contribution < 1.29 is 9.47 Å². The number of anilines is 2. The second-order valence-corrected chi connectivity index (χ2v) is 4.73. The molecular formula is C15H17N3O2. The number of fused-ring (bicyclic) bond motifs is 1. The average Bonchev–Trinajstić information content (AvgIpc) is 2.96. The monoisotopic (exact) mass is 271 g/mol. The minimum absolute atomic E-state index is 0.748. The van der Waals surface area contributed by atoms with Gasteiger partial charge in [-0.1, -0.05) is 0 Å². The van der Waals surface area contributed by atoms with E-state index >= 15 is 0 Å². The Balaban J connectivity index is 1.93. The first kappa shape index (κ1) is 12.7. The van der Waals surface area contributed by atoms with Crippen LogP contribution in [0.2, 0.25) is 0 Å². The summed E-state index contributed by atoms with van der Waals surface area (Å²) in [6.07, 6.45) is 4.82. The summed E-state index contributed by atoms with van der Waals surface area (Å²) < 4.78 is 10.5. The van der Waals surface area contributed by atoms with Gasteiger partial charge in [0.1, 0.15) is 23.6 Å². The highest BCUT2D eigenvalue weighted by Gasteiger charge is 2.17. The molecule has 1 heterocycles. The number of methoxy groups -OCH3 is 2. The molecule has 1 aliphatic rings. The lowest BCUT2D eigenvalue weighted by Gasteiger charge is -2.12. The third kappa shape index (κ3) is 2.39. The van der Waals surface area contributed by atoms with Crippen molar-refractivity contribution in [3.63, 3.8) is 0 Å². The molecule has 0 atom stereocenters. The maximum Gasteiger partial charge on any atom is 0.137 e. The molecule has 2 aromatic rings. The normalized spacial score (nSPS) is 12.9.